The molecule has 0 aliphatic heterocycles. The molecule has 0 atom stereocenters. The zero-order valence-corrected chi connectivity index (χ0v) is 25.0. The summed E-state index contributed by atoms with van der Waals surface area (Å²) < 4.78 is 4.76. The molecule has 43 heavy (non-hydrogen) atoms. The fourth-order valence-electron chi connectivity index (χ4n) is 4.34. The number of hydrogen-bond acceptors (Lipinski definition) is 7. The number of nitrogens with one attached hydrogen (secondary N) is 5. The first-order chi connectivity index (χ1) is 20.4. The molecule has 6 N–H and O–H groups in total. The van der Waals surface area contributed by atoms with Gasteiger partial charge in [-0.05, 0) is 51.7 Å². The van der Waals surface area contributed by atoms with Crippen LogP contribution in [0.4, 0.5) is 17.1 Å². The van der Waals surface area contributed by atoms with Gasteiger partial charge in [0.2, 0.25) is 11.8 Å². The summed E-state index contributed by atoms with van der Waals surface area (Å²) in [6.07, 6.45) is 5.96. The minimum Gasteiger partial charge on any atom is -0.351 e. The highest BCUT2D eigenvalue weighted by Crippen LogP contribution is 2.20. The summed E-state index contributed by atoms with van der Waals surface area (Å²) in [6, 6.07) is 4.64. The lowest BCUT2D eigenvalue weighted by atomic mass is 10.2. The van der Waals surface area contributed by atoms with Gasteiger partial charge in [-0.2, -0.15) is 0 Å². The maximum Gasteiger partial charge on any atom is 0.272 e. The molecule has 0 radical (unpaired) electrons. The number of anilines is 3. The number of nitrogens with zero attached hydrogens (tertiary/aromatic N) is 4. The molecule has 0 aliphatic carbocycles. The quantitative estimate of drug-likeness (QED) is 0.0924. The molecule has 0 spiro atoms. The van der Waals surface area contributed by atoms with Crippen LogP contribution in [-0.2, 0) is 30.7 Å². The summed E-state index contributed by atoms with van der Waals surface area (Å²) in [5, 5.41) is 19.6. The number of rotatable bonds is 14. The van der Waals surface area contributed by atoms with Crippen LogP contribution in [0.25, 0.3) is 0 Å². The first-order valence-electron chi connectivity index (χ1n) is 13.7. The Morgan fingerprint density at radius 1 is 0.674 bits per heavy atom. The minimum atomic E-state index is -0.576. The minimum absolute atomic E-state index is 0.00447. The zero-order chi connectivity index (χ0) is 31.7. The van der Waals surface area contributed by atoms with Gasteiger partial charge in [-0.25, -0.2) is 5.48 Å². The number of amides is 5. The molecule has 5 amide bonds. The smallest absolute Gasteiger partial charge is 0.272 e. The molecule has 0 aliphatic rings. The molecule has 0 saturated carbocycles. The Morgan fingerprint density at radius 3 is 1.58 bits per heavy atom. The Morgan fingerprint density at radius 2 is 1.12 bits per heavy atom. The summed E-state index contributed by atoms with van der Waals surface area (Å²) in [5.74, 6) is -2.03. The van der Waals surface area contributed by atoms with Gasteiger partial charge in [0, 0.05) is 59.1 Å². The van der Waals surface area contributed by atoms with Gasteiger partial charge in [0.15, 0.2) is 0 Å². The van der Waals surface area contributed by atoms with E-state index in [0.717, 1.165) is 13.0 Å². The predicted molar refractivity (Wildman–Crippen MR) is 160 cm³/mol. The molecule has 0 fully saturated rings. The van der Waals surface area contributed by atoms with Crippen LogP contribution in [0.15, 0.2) is 36.8 Å². The molecular formula is C28H39N9O6. The first kappa shape index (κ1) is 32.6. The molecule has 3 rings (SSSR count). The summed E-state index contributed by atoms with van der Waals surface area (Å²) in [6.45, 7) is 1.39. The summed E-state index contributed by atoms with van der Waals surface area (Å²) in [4.78, 5) is 63.8. The molecule has 3 aromatic rings. The monoisotopic (exact) mass is 597 g/mol. The summed E-state index contributed by atoms with van der Waals surface area (Å²) >= 11 is 0. The van der Waals surface area contributed by atoms with Gasteiger partial charge in [0.25, 0.3) is 17.7 Å². The van der Waals surface area contributed by atoms with Crippen molar-refractivity contribution in [2.24, 2.45) is 21.1 Å². The van der Waals surface area contributed by atoms with Crippen LogP contribution in [0, 0.1) is 0 Å². The van der Waals surface area contributed by atoms with E-state index in [1.165, 1.54) is 17.6 Å². The van der Waals surface area contributed by atoms with Crippen molar-refractivity contribution in [1.82, 2.24) is 29.4 Å². The molecule has 0 aromatic carbocycles. The molecule has 0 saturated heterocycles. The molecule has 0 unspecified atom stereocenters. The first-order valence-corrected chi connectivity index (χ1v) is 13.7. The molecular weight excluding hydrogens is 558 g/mol. The summed E-state index contributed by atoms with van der Waals surface area (Å²) in [5.41, 5.74) is 3.71. The van der Waals surface area contributed by atoms with Gasteiger partial charge in [-0.1, -0.05) is 0 Å². The van der Waals surface area contributed by atoms with Gasteiger partial charge in [0.05, 0.1) is 17.1 Å². The lowest BCUT2D eigenvalue weighted by molar-refractivity contribution is -0.129. The number of carbonyl (C=O) groups is 5. The second kappa shape index (κ2) is 14.8. The molecule has 15 heteroatoms. The molecule has 15 nitrogen and oxygen atoms in total. The van der Waals surface area contributed by atoms with E-state index in [0.29, 0.717) is 29.3 Å². The van der Waals surface area contributed by atoms with Crippen molar-refractivity contribution in [3.05, 3.63) is 53.9 Å². The molecule has 0 bridgehead atoms. The average Bonchev–Trinajstić information content (AvgIpc) is 3.61. The third kappa shape index (κ3) is 9.31. The SMILES string of the molecule is CN(C)CCCNC(=O)c1cc(NC(=O)c2cc(NC(=O)c3cc(NC(=O)CCCC(=O)NO)cn3C)cn2C)cn1C. The van der Waals surface area contributed by atoms with E-state index < -0.39 is 17.7 Å². The maximum atomic E-state index is 13.0. The fourth-order valence-corrected chi connectivity index (χ4v) is 4.34. The predicted octanol–water partition coefficient (Wildman–Crippen LogP) is 1.50. The highest BCUT2D eigenvalue weighted by molar-refractivity contribution is 6.07. The van der Waals surface area contributed by atoms with Gasteiger partial charge in [0.1, 0.15) is 17.1 Å². The van der Waals surface area contributed by atoms with E-state index in [1.807, 2.05) is 19.0 Å². The van der Waals surface area contributed by atoms with Crippen LogP contribution in [0.5, 0.6) is 0 Å². The van der Waals surface area contributed by atoms with Crippen LogP contribution in [-0.4, -0.2) is 80.5 Å². The Balaban J connectivity index is 1.58. The van der Waals surface area contributed by atoms with E-state index in [2.05, 4.69) is 21.3 Å². The number of aromatic nitrogens is 3. The fraction of sp³-hybridized carbons (Fsp3) is 0.393. The Labute approximate surface area is 249 Å². The summed E-state index contributed by atoms with van der Waals surface area (Å²) in [7, 11) is 8.98. The van der Waals surface area contributed by atoms with Crippen molar-refractivity contribution < 1.29 is 29.2 Å². The number of carbonyl (C=O) groups excluding carboxylic acids is 5. The lowest BCUT2D eigenvalue weighted by Gasteiger charge is -2.10. The van der Waals surface area contributed by atoms with E-state index in [-0.39, 0.29) is 42.5 Å². The van der Waals surface area contributed by atoms with Crippen LogP contribution < -0.4 is 26.7 Å². The van der Waals surface area contributed by atoms with Crippen LogP contribution in [0.2, 0.25) is 0 Å². The van der Waals surface area contributed by atoms with Gasteiger partial charge < -0.3 is 39.9 Å². The highest BCUT2D eigenvalue weighted by atomic mass is 16.5. The van der Waals surface area contributed by atoms with E-state index in [1.54, 1.807) is 59.5 Å². The van der Waals surface area contributed by atoms with Crippen molar-refractivity contribution in [1.29, 1.82) is 0 Å². The van der Waals surface area contributed by atoms with Crippen molar-refractivity contribution in [2.45, 2.75) is 25.7 Å². The number of hydrogen-bond donors (Lipinski definition) is 6. The molecule has 3 aromatic heterocycles. The normalized spacial score (nSPS) is 10.9. The zero-order valence-electron chi connectivity index (χ0n) is 25.0. The van der Waals surface area contributed by atoms with Crippen LogP contribution in [0.3, 0.4) is 0 Å². The Bertz CT molecular complexity index is 1480. The second-order valence-corrected chi connectivity index (χ2v) is 10.4. The Hall–Kier alpha value is -4.89. The topological polar surface area (TPSA) is 184 Å². The van der Waals surface area contributed by atoms with Crippen molar-refractivity contribution in [3.8, 4) is 0 Å². The lowest BCUT2D eigenvalue weighted by Crippen LogP contribution is -2.28. The molecule has 232 valence electrons. The van der Waals surface area contributed by atoms with Gasteiger partial charge in [-0.15, -0.1) is 0 Å². The Kier molecular flexibility index (Phi) is 11.3. The van der Waals surface area contributed by atoms with Crippen molar-refractivity contribution >= 4 is 46.6 Å². The highest BCUT2D eigenvalue weighted by Gasteiger charge is 2.19. The van der Waals surface area contributed by atoms with E-state index in [4.69, 9.17) is 5.21 Å². The van der Waals surface area contributed by atoms with Crippen molar-refractivity contribution in [2.75, 3.05) is 43.1 Å². The van der Waals surface area contributed by atoms with Crippen LogP contribution in [0.1, 0.15) is 57.1 Å². The van der Waals surface area contributed by atoms with E-state index in [9.17, 15) is 24.0 Å². The maximum absolute atomic E-state index is 13.0. The largest absolute Gasteiger partial charge is 0.351 e. The van der Waals surface area contributed by atoms with Gasteiger partial charge in [-0.3, -0.25) is 29.2 Å². The third-order valence-electron chi connectivity index (χ3n) is 6.51. The molecule has 3 heterocycles. The second-order valence-electron chi connectivity index (χ2n) is 10.4. The number of aryl methyl sites for hydroxylation is 3. The third-order valence-corrected chi connectivity index (χ3v) is 6.51. The van der Waals surface area contributed by atoms with Crippen molar-refractivity contribution in [3.63, 3.8) is 0 Å². The van der Waals surface area contributed by atoms with Crippen LogP contribution >= 0.6 is 0 Å². The standard InChI is InChI=1S/C28H39N9O6/c1-34(2)11-7-10-29-26(40)21-13-19(16-35(21)3)31-28(42)23-14-20(17-37(23)5)32-27(41)22-12-18(15-36(22)4)30-24(38)8-6-9-25(39)33-43/h12-17,43H,6-11H2,1-5H3,(H,29,40)(H,30,38)(H,31,42)(H,32,41)(H,33,39). The average molecular weight is 598 g/mol. The van der Waals surface area contributed by atoms with E-state index >= 15 is 0 Å². The van der Waals surface area contributed by atoms with Gasteiger partial charge >= 0.3 is 0 Å². The number of hydroxylamine groups is 1.